The van der Waals surface area contributed by atoms with Crippen LogP contribution in [0.1, 0.15) is 12.5 Å². The number of nitrogens with zero attached hydrogens (tertiary/aromatic N) is 1. The predicted molar refractivity (Wildman–Crippen MR) is 54.1 cm³/mol. The quantitative estimate of drug-likeness (QED) is 0.715. The molecule has 74 valence electrons. The maximum absolute atomic E-state index is 5.31. The highest BCUT2D eigenvalue weighted by Crippen LogP contribution is 2.07. The van der Waals surface area contributed by atoms with Crippen LogP contribution in [0.25, 0.3) is 0 Å². The molecule has 0 saturated carbocycles. The number of aliphatic imine (C=N–C) groups is 1. The number of rotatable bonds is 2. The van der Waals surface area contributed by atoms with Gasteiger partial charge in [0, 0.05) is 0 Å². The van der Waals surface area contributed by atoms with Gasteiger partial charge >= 0.3 is 6.08 Å². The fourth-order valence-corrected chi connectivity index (χ4v) is 1.25. The van der Waals surface area contributed by atoms with Gasteiger partial charge in [-0.1, -0.05) is 30.3 Å². The Bertz CT molecular complexity index is 321. The molecule has 1 fully saturated rings. The zero-order valence-electron chi connectivity index (χ0n) is 8.14. The number of ether oxygens (including phenoxy) is 2. The molecule has 3 heteroatoms. The van der Waals surface area contributed by atoms with Crippen LogP contribution >= 0.6 is 0 Å². The molecule has 1 unspecified atom stereocenters. The van der Waals surface area contributed by atoms with Crippen LogP contribution in [0, 0.1) is 0 Å². The number of hydrogen-bond donors (Lipinski definition) is 0. The minimum Gasteiger partial charge on any atom is -0.447 e. The van der Waals surface area contributed by atoms with Gasteiger partial charge in [-0.3, -0.25) is 0 Å². The van der Waals surface area contributed by atoms with Crippen LogP contribution in [0.2, 0.25) is 0 Å². The van der Waals surface area contributed by atoms with E-state index in [1.54, 1.807) is 0 Å². The summed E-state index contributed by atoms with van der Waals surface area (Å²) in [6.07, 6.45) is 0.547. The second-order valence-electron chi connectivity index (χ2n) is 3.31. The summed E-state index contributed by atoms with van der Waals surface area (Å²) in [4.78, 5) is 4.22. The molecule has 1 aromatic rings. The van der Waals surface area contributed by atoms with Crippen LogP contribution < -0.4 is 0 Å². The van der Waals surface area contributed by atoms with Gasteiger partial charge < -0.3 is 9.47 Å². The summed E-state index contributed by atoms with van der Waals surface area (Å²) < 4.78 is 10.5. The van der Waals surface area contributed by atoms with Gasteiger partial charge in [-0.2, -0.15) is 0 Å². The average molecular weight is 191 g/mol. The lowest BCUT2D eigenvalue weighted by molar-refractivity contribution is 0.249. The first-order chi connectivity index (χ1) is 6.84. The lowest BCUT2D eigenvalue weighted by Gasteiger charge is -1.98. The van der Waals surface area contributed by atoms with Crippen molar-refractivity contribution < 1.29 is 9.47 Å². The fraction of sp³-hybridized carbons (Fsp3) is 0.364. The molecule has 1 aliphatic rings. The molecular formula is C11H13NO2. The van der Waals surface area contributed by atoms with Crippen molar-refractivity contribution in [2.24, 2.45) is 4.99 Å². The van der Waals surface area contributed by atoms with Gasteiger partial charge in [0.15, 0.2) is 0 Å². The summed E-state index contributed by atoms with van der Waals surface area (Å²) in [5.74, 6) is 0. The Hall–Kier alpha value is -1.51. The monoisotopic (exact) mass is 191 g/mol. The van der Waals surface area contributed by atoms with E-state index in [0.717, 1.165) is 5.56 Å². The molecule has 2 rings (SSSR count). The first kappa shape index (κ1) is 9.06. The minimum absolute atomic E-state index is 0.129. The standard InChI is InChI=1S/C11H13NO2/c1-9-8-13-11(14-9)12-7-10-5-3-2-4-6-10/h2-6,9H,7-8H2,1H3. The van der Waals surface area contributed by atoms with Crippen molar-refractivity contribution in [3.63, 3.8) is 0 Å². The van der Waals surface area contributed by atoms with Crippen LogP contribution in [0.3, 0.4) is 0 Å². The SMILES string of the molecule is CC1COC(=NCc2ccccc2)O1. The maximum atomic E-state index is 5.31. The Balaban J connectivity index is 1.94. The summed E-state index contributed by atoms with van der Waals surface area (Å²) in [6.45, 7) is 3.18. The van der Waals surface area contributed by atoms with Crippen LogP contribution in [0.4, 0.5) is 0 Å². The van der Waals surface area contributed by atoms with Crippen molar-refractivity contribution >= 4 is 6.08 Å². The summed E-state index contributed by atoms with van der Waals surface area (Å²) in [5.41, 5.74) is 1.16. The molecule has 0 N–H and O–H groups in total. The van der Waals surface area contributed by atoms with Gasteiger partial charge in [0.2, 0.25) is 0 Å². The molecule has 3 nitrogen and oxygen atoms in total. The first-order valence-electron chi connectivity index (χ1n) is 4.72. The molecule has 1 aliphatic heterocycles. The van der Waals surface area contributed by atoms with E-state index in [0.29, 0.717) is 19.2 Å². The molecule has 1 saturated heterocycles. The highest BCUT2D eigenvalue weighted by atomic mass is 16.7. The van der Waals surface area contributed by atoms with Crippen LogP contribution in [-0.2, 0) is 16.0 Å². The fourth-order valence-electron chi connectivity index (χ4n) is 1.25. The lowest BCUT2D eigenvalue weighted by Crippen LogP contribution is -2.02. The van der Waals surface area contributed by atoms with Crippen molar-refractivity contribution in [1.82, 2.24) is 0 Å². The minimum atomic E-state index is 0.129. The van der Waals surface area contributed by atoms with Gasteiger partial charge in [0.05, 0.1) is 6.54 Å². The second-order valence-corrected chi connectivity index (χ2v) is 3.31. The largest absolute Gasteiger partial charge is 0.447 e. The van der Waals surface area contributed by atoms with Gasteiger partial charge in [-0.25, -0.2) is 4.99 Å². The van der Waals surface area contributed by atoms with Crippen LogP contribution in [0.5, 0.6) is 0 Å². The maximum Gasteiger partial charge on any atom is 0.384 e. The smallest absolute Gasteiger partial charge is 0.384 e. The van der Waals surface area contributed by atoms with Gasteiger partial charge in [0.25, 0.3) is 0 Å². The van der Waals surface area contributed by atoms with E-state index >= 15 is 0 Å². The number of hydrogen-bond acceptors (Lipinski definition) is 3. The molecule has 0 amide bonds. The molecule has 0 spiro atoms. The van der Waals surface area contributed by atoms with E-state index in [9.17, 15) is 0 Å². The van der Waals surface area contributed by atoms with Gasteiger partial charge in [-0.15, -0.1) is 0 Å². The number of benzene rings is 1. The van der Waals surface area contributed by atoms with Crippen molar-refractivity contribution in [3.05, 3.63) is 35.9 Å². The summed E-state index contributed by atoms with van der Waals surface area (Å²) in [7, 11) is 0. The zero-order chi connectivity index (χ0) is 9.80. The van der Waals surface area contributed by atoms with Crippen molar-refractivity contribution in [1.29, 1.82) is 0 Å². The molecule has 0 radical (unpaired) electrons. The Morgan fingerprint density at radius 2 is 2.14 bits per heavy atom. The van der Waals surface area contributed by atoms with Gasteiger partial charge in [0.1, 0.15) is 12.7 Å². The Labute approximate surface area is 83.4 Å². The van der Waals surface area contributed by atoms with Crippen molar-refractivity contribution in [2.45, 2.75) is 19.6 Å². The molecule has 1 atom stereocenters. The van der Waals surface area contributed by atoms with E-state index in [2.05, 4.69) is 4.99 Å². The average Bonchev–Trinajstić information content (AvgIpc) is 2.63. The zero-order valence-corrected chi connectivity index (χ0v) is 8.14. The Morgan fingerprint density at radius 3 is 2.79 bits per heavy atom. The Morgan fingerprint density at radius 1 is 1.36 bits per heavy atom. The molecule has 0 bridgehead atoms. The van der Waals surface area contributed by atoms with Gasteiger partial charge in [-0.05, 0) is 12.5 Å². The van der Waals surface area contributed by atoms with E-state index in [1.165, 1.54) is 0 Å². The molecular weight excluding hydrogens is 178 g/mol. The van der Waals surface area contributed by atoms with E-state index < -0.39 is 0 Å². The molecule has 0 aromatic heterocycles. The second kappa shape index (κ2) is 4.13. The third-order valence-corrected chi connectivity index (χ3v) is 1.98. The van der Waals surface area contributed by atoms with E-state index in [4.69, 9.17) is 9.47 Å². The molecule has 14 heavy (non-hydrogen) atoms. The van der Waals surface area contributed by atoms with Crippen LogP contribution in [0.15, 0.2) is 35.3 Å². The van der Waals surface area contributed by atoms with Crippen LogP contribution in [-0.4, -0.2) is 18.8 Å². The summed E-state index contributed by atoms with van der Waals surface area (Å²) in [6, 6.07) is 10.0. The highest BCUT2D eigenvalue weighted by molar-refractivity contribution is 5.68. The Kier molecular flexibility index (Phi) is 2.68. The summed E-state index contributed by atoms with van der Waals surface area (Å²) >= 11 is 0. The van der Waals surface area contributed by atoms with Crippen molar-refractivity contribution in [3.8, 4) is 0 Å². The summed E-state index contributed by atoms with van der Waals surface area (Å²) in [5, 5.41) is 0. The molecule has 0 aliphatic carbocycles. The van der Waals surface area contributed by atoms with E-state index in [-0.39, 0.29) is 6.10 Å². The third-order valence-electron chi connectivity index (χ3n) is 1.98. The molecule has 1 aromatic carbocycles. The first-order valence-corrected chi connectivity index (χ1v) is 4.72. The normalized spacial score (nSPS) is 23.2. The topological polar surface area (TPSA) is 30.8 Å². The van der Waals surface area contributed by atoms with E-state index in [1.807, 2.05) is 37.3 Å². The third kappa shape index (κ3) is 2.25. The van der Waals surface area contributed by atoms with Crippen molar-refractivity contribution in [2.75, 3.05) is 6.61 Å². The molecule has 1 heterocycles. The lowest BCUT2D eigenvalue weighted by atomic mass is 10.2. The highest BCUT2D eigenvalue weighted by Gasteiger charge is 2.17. The predicted octanol–water partition coefficient (Wildman–Crippen LogP) is 1.98.